The monoisotopic (exact) mass is 379 g/mol. The Morgan fingerprint density at radius 2 is 2.00 bits per heavy atom. The summed E-state index contributed by atoms with van der Waals surface area (Å²) in [7, 11) is 3.64. The van der Waals surface area contributed by atoms with Crippen molar-refractivity contribution in [3.63, 3.8) is 0 Å². The number of methoxy groups -OCH3 is 1. The van der Waals surface area contributed by atoms with Gasteiger partial charge in [-0.25, -0.2) is 15.0 Å². The molecular weight excluding hydrogens is 358 g/mol. The standard InChI is InChI=1S/C20H21N5OS/c1-13-16(14-7-5-4-6-8-14)17-19(21-9-10-26-3)23-18(24-20(17)27-13)15-11-25(2)12-22-15/h4-8,11-12H,9-10H2,1-3H3,(H,21,23,24). The van der Waals surface area contributed by atoms with Crippen LogP contribution in [0.15, 0.2) is 42.9 Å². The van der Waals surface area contributed by atoms with E-state index in [0.29, 0.717) is 19.0 Å². The second-order valence-electron chi connectivity index (χ2n) is 6.32. The predicted molar refractivity (Wildman–Crippen MR) is 110 cm³/mol. The predicted octanol–water partition coefficient (Wildman–Crippen LogP) is 4.13. The molecule has 0 unspecified atom stereocenters. The number of hydrogen-bond donors (Lipinski definition) is 1. The summed E-state index contributed by atoms with van der Waals surface area (Å²) in [5, 5.41) is 4.48. The molecule has 0 aliphatic heterocycles. The second-order valence-corrected chi connectivity index (χ2v) is 7.52. The lowest BCUT2D eigenvalue weighted by atomic mass is 10.0. The molecule has 0 spiro atoms. The van der Waals surface area contributed by atoms with Crippen molar-refractivity contribution in [2.24, 2.45) is 7.05 Å². The minimum atomic E-state index is 0.605. The van der Waals surface area contributed by atoms with E-state index in [1.165, 1.54) is 16.0 Å². The van der Waals surface area contributed by atoms with Crippen molar-refractivity contribution < 1.29 is 4.74 Å². The van der Waals surface area contributed by atoms with Gasteiger partial charge in [-0.3, -0.25) is 0 Å². The molecule has 1 N–H and O–H groups in total. The van der Waals surface area contributed by atoms with Crippen LogP contribution in [0.1, 0.15) is 4.88 Å². The van der Waals surface area contributed by atoms with E-state index in [0.717, 1.165) is 21.7 Å². The number of nitrogens with zero attached hydrogens (tertiary/aromatic N) is 4. The van der Waals surface area contributed by atoms with Crippen molar-refractivity contribution in [3.8, 4) is 22.6 Å². The van der Waals surface area contributed by atoms with Gasteiger partial charge in [0, 0.05) is 37.3 Å². The number of nitrogens with one attached hydrogen (secondary N) is 1. The normalized spacial score (nSPS) is 11.2. The van der Waals surface area contributed by atoms with Gasteiger partial charge < -0.3 is 14.6 Å². The van der Waals surface area contributed by atoms with Crippen molar-refractivity contribution in [1.29, 1.82) is 0 Å². The van der Waals surface area contributed by atoms with Crippen LogP contribution in [0.3, 0.4) is 0 Å². The molecule has 0 fully saturated rings. The highest BCUT2D eigenvalue weighted by atomic mass is 32.1. The maximum absolute atomic E-state index is 5.19. The molecule has 0 saturated carbocycles. The van der Waals surface area contributed by atoms with Gasteiger partial charge in [0.15, 0.2) is 5.82 Å². The van der Waals surface area contributed by atoms with Crippen LogP contribution in [0.4, 0.5) is 5.82 Å². The van der Waals surface area contributed by atoms with Crippen LogP contribution in [0.5, 0.6) is 0 Å². The van der Waals surface area contributed by atoms with Crippen molar-refractivity contribution >= 4 is 27.4 Å². The van der Waals surface area contributed by atoms with E-state index in [9.17, 15) is 0 Å². The van der Waals surface area contributed by atoms with Crippen LogP contribution in [-0.2, 0) is 11.8 Å². The van der Waals surface area contributed by atoms with Gasteiger partial charge in [-0.1, -0.05) is 30.3 Å². The zero-order valence-electron chi connectivity index (χ0n) is 15.6. The number of aryl methyl sites for hydroxylation is 2. The van der Waals surface area contributed by atoms with E-state index in [1.54, 1.807) is 24.8 Å². The van der Waals surface area contributed by atoms with Crippen molar-refractivity contribution in [1.82, 2.24) is 19.5 Å². The number of benzene rings is 1. The van der Waals surface area contributed by atoms with Gasteiger partial charge in [0.05, 0.1) is 18.3 Å². The first-order valence-electron chi connectivity index (χ1n) is 8.75. The summed E-state index contributed by atoms with van der Waals surface area (Å²) >= 11 is 1.69. The molecule has 0 radical (unpaired) electrons. The molecule has 0 bridgehead atoms. The highest BCUT2D eigenvalue weighted by Crippen LogP contribution is 2.41. The molecule has 0 amide bonds. The number of hydrogen-bond acceptors (Lipinski definition) is 6. The quantitative estimate of drug-likeness (QED) is 0.511. The van der Waals surface area contributed by atoms with Crippen LogP contribution < -0.4 is 5.32 Å². The molecule has 7 heteroatoms. The van der Waals surface area contributed by atoms with Gasteiger partial charge in [0.2, 0.25) is 0 Å². The Morgan fingerprint density at radius 1 is 1.19 bits per heavy atom. The first kappa shape index (κ1) is 17.6. The zero-order valence-corrected chi connectivity index (χ0v) is 16.4. The maximum Gasteiger partial charge on any atom is 0.183 e. The first-order valence-corrected chi connectivity index (χ1v) is 9.56. The molecule has 4 aromatic rings. The lowest BCUT2D eigenvalue weighted by Gasteiger charge is -2.10. The molecular formula is C20H21N5OS. The summed E-state index contributed by atoms with van der Waals surface area (Å²) in [5.74, 6) is 1.45. The Bertz CT molecular complexity index is 1070. The van der Waals surface area contributed by atoms with Gasteiger partial charge in [0.25, 0.3) is 0 Å². The fourth-order valence-corrected chi connectivity index (χ4v) is 4.15. The van der Waals surface area contributed by atoms with E-state index < -0.39 is 0 Å². The summed E-state index contributed by atoms with van der Waals surface area (Å²) < 4.78 is 7.09. The second kappa shape index (κ2) is 7.46. The highest BCUT2D eigenvalue weighted by Gasteiger charge is 2.19. The molecule has 3 aromatic heterocycles. The van der Waals surface area contributed by atoms with E-state index in [-0.39, 0.29) is 0 Å². The summed E-state index contributed by atoms with van der Waals surface area (Å²) in [6.07, 6.45) is 3.69. The van der Waals surface area contributed by atoms with Gasteiger partial charge in [-0.15, -0.1) is 11.3 Å². The smallest absolute Gasteiger partial charge is 0.183 e. The SMILES string of the molecule is COCCNc1nc(-c2cn(C)cn2)nc2sc(C)c(-c3ccccc3)c12. The first-order chi connectivity index (χ1) is 13.2. The number of rotatable bonds is 6. The zero-order chi connectivity index (χ0) is 18.8. The molecule has 0 saturated heterocycles. The van der Waals surface area contributed by atoms with Gasteiger partial charge >= 0.3 is 0 Å². The number of imidazole rings is 1. The van der Waals surface area contributed by atoms with E-state index in [4.69, 9.17) is 14.7 Å². The average Bonchev–Trinajstić information content (AvgIpc) is 3.25. The Hall–Kier alpha value is -2.77. The molecule has 138 valence electrons. The van der Waals surface area contributed by atoms with Gasteiger partial charge in [-0.05, 0) is 12.5 Å². The van der Waals surface area contributed by atoms with Crippen molar-refractivity contribution in [2.45, 2.75) is 6.92 Å². The molecule has 4 rings (SSSR count). The molecule has 3 heterocycles. The van der Waals surface area contributed by atoms with Crippen LogP contribution >= 0.6 is 11.3 Å². The number of thiophene rings is 1. The third-order valence-electron chi connectivity index (χ3n) is 4.32. The molecule has 6 nitrogen and oxygen atoms in total. The summed E-state index contributed by atoms with van der Waals surface area (Å²) in [6.45, 7) is 3.41. The molecule has 0 atom stereocenters. The maximum atomic E-state index is 5.19. The molecule has 0 aliphatic rings. The summed E-state index contributed by atoms with van der Waals surface area (Å²) in [6, 6.07) is 10.4. The van der Waals surface area contributed by atoms with Crippen LogP contribution in [0.25, 0.3) is 32.9 Å². The Labute approximate surface area is 161 Å². The van der Waals surface area contributed by atoms with E-state index in [2.05, 4.69) is 41.5 Å². The van der Waals surface area contributed by atoms with Crippen molar-refractivity contribution in [2.75, 3.05) is 25.6 Å². The Morgan fingerprint density at radius 3 is 2.70 bits per heavy atom. The lowest BCUT2D eigenvalue weighted by molar-refractivity contribution is 0.210. The average molecular weight is 379 g/mol. The third kappa shape index (κ3) is 3.43. The lowest BCUT2D eigenvalue weighted by Crippen LogP contribution is -2.10. The Balaban J connectivity index is 1.91. The van der Waals surface area contributed by atoms with Gasteiger partial charge in [-0.2, -0.15) is 0 Å². The van der Waals surface area contributed by atoms with Gasteiger partial charge in [0.1, 0.15) is 16.3 Å². The molecule has 27 heavy (non-hydrogen) atoms. The number of ether oxygens (including phenoxy) is 1. The highest BCUT2D eigenvalue weighted by molar-refractivity contribution is 7.19. The Kier molecular flexibility index (Phi) is 4.87. The topological polar surface area (TPSA) is 64.9 Å². The van der Waals surface area contributed by atoms with Crippen molar-refractivity contribution in [3.05, 3.63) is 47.7 Å². The third-order valence-corrected chi connectivity index (χ3v) is 5.32. The van der Waals surface area contributed by atoms with Crippen LogP contribution in [0, 0.1) is 6.92 Å². The number of fused-ring (bicyclic) bond motifs is 1. The number of anilines is 1. The minimum Gasteiger partial charge on any atom is -0.383 e. The largest absolute Gasteiger partial charge is 0.383 e. The molecule has 1 aromatic carbocycles. The molecule has 0 aliphatic carbocycles. The summed E-state index contributed by atoms with van der Waals surface area (Å²) in [5.41, 5.74) is 3.12. The van der Waals surface area contributed by atoms with E-state index in [1.807, 2.05) is 23.9 Å². The minimum absolute atomic E-state index is 0.605. The number of aromatic nitrogens is 4. The van der Waals surface area contributed by atoms with Crippen LogP contribution in [0.2, 0.25) is 0 Å². The fourth-order valence-electron chi connectivity index (χ4n) is 3.11. The van der Waals surface area contributed by atoms with Crippen LogP contribution in [-0.4, -0.2) is 39.8 Å². The van der Waals surface area contributed by atoms with E-state index >= 15 is 0 Å². The summed E-state index contributed by atoms with van der Waals surface area (Å²) in [4.78, 5) is 16.2. The fraction of sp³-hybridized carbons (Fsp3) is 0.250.